The normalized spacial score (nSPS) is 19.9. The molecule has 4 heteroatoms. The first-order chi connectivity index (χ1) is 7.66. The van der Waals surface area contributed by atoms with E-state index in [0.717, 1.165) is 6.42 Å². The van der Waals surface area contributed by atoms with Gasteiger partial charge in [-0.2, -0.15) is 0 Å². The van der Waals surface area contributed by atoms with Crippen molar-refractivity contribution in [1.29, 1.82) is 0 Å². The van der Waals surface area contributed by atoms with Crippen LogP contribution in [0.25, 0.3) is 0 Å². The topological polar surface area (TPSA) is 29.5 Å². The Morgan fingerprint density at radius 1 is 1.50 bits per heavy atom. The molecule has 2 rings (SSSR count). The van der Waals surface area contributed by atoms with Gasteiger partial charge in [-0.15, -0.1) is 0 Å². The number of carbonyl (C=O) groups excluding carboxylic acids is 1. The van der Waals surface area contributed by atoms with Crippen molar-refractivity contribution in [2.24, 2.45) is 0 Å². The molecule has 0 N–H and O–H groups in total. The van der Waals surface area contributed by atoms with Crippen LogP contribution in [0.3, 0.4) is 0 Å². The molecule has 3 nitrogen and oxygen atoms in total. The molecule has 1 aliphatic heterocycles. The first-order valence-electron chi connectivity index (χ1n) is 5.33. The second kappa shape index (κ2) is 4.51. The van der Waals surface area contributed by atoms with E-state index >= 15 is 0 Å². The van der Waals surface area contributed by atoms with Crippen LogP contribution in [-0.4, -0.2) is 30.0 Å². The third-order valence-corrected chi connectivity index (χ3v) is 2.72. The van der Waals surface area contributed by atoms with Gasteiger partial charge in [0.1, 0.15) is 6.10 Å². The number of hydrogen-bond acceptors (Lipinski definition) is 2. The maximum atomic E-state index is 13.3. The lowest BCUT2D eigenvalue weighted by molar-refractivity contribution is -0.128. The number of halogens is 1. The molecule has 1 saturated heterocycles. The van der Waals surface area contributed by atoms with Gasteiger partial charge in [0.25, 0.3) is 0 Å². The molecule has 0 aliphatic carbocycles. The van der Waals surface area contributed by atoms with Crippen molar-refractivity contribution >= 4 is 5.91 Å². The third kappa shape index (κ3) is 2.32. The lowest BCUT2D eigenvalue weighted by atomic mass is 10.3. The molecular formula is C12H14FNO2. The number of ether oxygens (including phenoxy) is 1. The molecule has 0 radical (unpaired) electrons. The molecule has 1 aromatic carbocycles. The van der Waals surface area contributed by atoms with Crippen molar-refractivity contribution in [2.45, 2.75) is 19.4 Å². The Balaban J connectivity index is 1.97. The second-order valence-electron chi connectivity index (χ2n) is 3.92. The van der Waals surface area contributed by atoms with Gasteiger partial charge in [-0.1, -0.05) is 12.1 Å². The van der Waals surface area contributed by atoms with Crippen LogP contribution in [0.4, 0.5) is 4.39 Å². The van der Waals surface area contributed by atoms with E-state index in [1.165, 1.54) is 13.0 Å². The number of para-hydroxylation sites is 1. The molecule has 0 spiro atoms. The Morgan fingerprint density at radius 2 is 2.25 bits per heavy atom. The quantitative estimate of drug-likeness (QED) is 0.765. The fourth-order valence-corrected chi connectivity index (χ4v) is 1.83. The van der Waals surface area contributed by atoms with E-state index in [0.29, 0.717) is 13.1 Å². The monoisotopic (exact) mass is 223 g/mol. The van der Waals surface area contributed by atoms with Crippen LogP contribution < -0.4 is 4.74 Å². The Hall–Kier alpha value is -1.58. The Bertz CT molecular complexity index is 394. The highest BCUT2D eigenvalue weighted by atomic mass is 19.1. The van der Waals surface area contributed by atoms with Crippen LogP contribution in [-0.2, 0) is 4.79 Å². The summed E-state index contributed by atoms with van der Waals surface area (Å²) in [5, 5.41) is 0. The molecule has 1 aromatic rings. The zero-order valence-electron chi connectivity index (χ0n) is 9.15. The number of benzene rings is 1. The molecule has 1 amide bonds. The largest absolute Gasteiger partial charge is 0.485 e. The van der Waals surface area contributed by atoms with E-state index < -0.39 is 0 Å². The van der Waals surface area contributed by atoms with Gasteiger partial charge >= 0.3 is 0 Å². The van der Waals surface area contributed by atoms with Crippen molar-refractivity contribution < 1.29 is 13.9 Å². The number of nitrogens with zero attached hydrogens (tertiary/aromatic N) is 1. The van der Waals surface area contributed by atoms with Crippen LogP contribution >= 0.6 is 0 Å². The molecule has 1 heterocycles. The molecular weight excluding hydrogens is 209 g/mol. The van der Waals surface area contributed by atoms with Gasteiger partial charge in [0, 0.05) is 19.9 Å². The lowest BCUT2D eigenvalue weighted by Crippen LogP contribution is -2.28. The maximum Gasteiger partial charge on any atom is 0.219 e. The predicted molar refractivity (Wildman–Crippen MR) is 57.7 cm³/mol. The van der Waals surface area contributed by atoms with E-state index in [-0.39, 0.29) is 23.6 Å². The number of amides is 1. The van der Waals surface area contributed by atoms with Crippen molar-refractivity contribution in [3.8, 4) is 5.75 Å². The summed E-state index contributed by atoms with van der Waals surface area (Å²) in [7, 11) is 0. The van der Waals surface area contributed by atoms with Gasteiger partial charge in [-0.05, 0) is 12.1 Å². The minimum atomic E-state index is -0.358. The summed E-state index contributed by atoms with van der Waals surface area (Å²) in [6, 6.07) is 6.33. The fourth-order valence-electron chi connectivity index (χ4n) is 1.83. The van der Waals surface area contributed by atoms with Crippen LogP contribution in [0.5, 0.6) is 5.75 Å². The third-order valence-electron chi connectivity index (χ3n) is 2.72. The Labute approximate surface area is 93.8 Å². The van der Waals surface area contributed by atoms with Gasteiger partial charge in [-0.25, -0.2) is 4.39 Å². The average Bonchev–Trinajstić information content (AvgIpc) is 2.70. The molecule has 1 atom stereocenters. The highest BCUT2D eigenvalue weighted by molar-refractivity contribution is 5.73. The zero-order valence-corrected chi connectivity index (χ0v) is 9.15. The first kappa shape index (κ1) is 10.9. The predicted octanol–water partition coefficient (Wildman–Crippen LogP) is 1.83. The lowest BCUT2D eigenvalue weighted by Gasteiger charge is -2.15. The van der Waals surface area contributed by atoms with Gasteiger partial charge in [0.05, 0.1) is 6.54 Å². The standard InChI is InChI=1S/C12H14FNO2/c1-9(15)14-7-6-10(8-14)16-12-5-3-2-4-11(12)13/h2-5,10H,6-8H2,1H3. The van der Waals surface area contributed by atoms with Crippen LogP contribution in [0.2, 0.25) is 0 Å². The Morgan fingerprint density at radius 3 is 2.88 bits per heavy atom. The smallest absolute Gasteiger partial charge is 0.219 e. The number of hydrogen-bond donors (Lipinski definition) is 0. The highest BCUT2D eigenvalue weighted by Gasteiger charge is 2.26. The van der Waals surface area contributed by atoms with E-state index in [4.69, 9.17) is 4.74 Å². The summed E-state index contributed by atoms with van der Waals surface area (Å²) in [5.41, 5.74) is 0. The number of rotatable bonds is 2. The van der Waals surface area contributed by atoms with E-state index in [1.807, 2.05) is 0 Å². The van der Waals surface area contributed by atoms with Gasteiger partial charge < -0.3 is 9.64 Å². The van der Waals surface area contributed by atoms with Crippen LogP contribution in [0, 0.1) is 5.82 Å². The number of carbonyl (C=O) groups is 1. The van der Waals surface area contributed by atoms with Gasteiger partial charge in [0.2, 0.25) is 5.91 Å². The van der Waals surface area contributed by atoms with Crippen molar-refractivity contribution in [2.75, 3.05) is 13.1 Å². The molecule has 0 saturated carbocycles. The average molecular weight is 223 g/mol. The van der Waals surface area contributed by atoms with Crippen molar-refractivity contribution in [3.05, 3.63) is 30.1 Å². The molecule has 0 bridgehead atoms. The summed E-state index contributed by atoms with van der Waals surface area (Å²) in [4.78, 5) is 12.8. The highest BCUT2D eigenvalue weighted by Crippen LogP contribution is 2.21. The van der Waals surface area contributed by atoms with Crippen molar-refractivity contribution in [1.82, 2.24) is 4.90 Å². The SMILES string of the molecule is CC(=O)N1CCC(Oc2ccccc2F)C1. The van der Waals surface area contributed by atoms with Crippen LogP contribution in [0.1, 0.15) is 13.3 Å². The van der Waals surface area contributed by atoms with E-state index in [2.05, 4.69) is 0 Å². The summed E-state index contributed by atoms with van der Waals surface area (Å²) < 4.78 is 18.8. The summed E-state index contributed by atoms with van der Waals surface area (Å²) >= 11 is 0. The molecule has 1 aliphatic rings. The van der Waals surface area contributed by atoms with Crippen molar-refractivity contribution in [3.63, 3.8) is 0 Å². The zero-order chi connectivity index (χ0) is 11.5. The fraction of sp³-hybridized carbons (Fsp3) is 0.417. The molecule has 0 aromatic heterocycles. The molecule has 1 fully saturated rings. The van der Waals surface area contributed by atoms with Gasteiger partial charge in [0.15, 0.2) is 11.6 Å². The summed E-state index contributed by atoms with van der Waals surface area (Å²) in [5.74, 6) is -0.0543. The maximum absolute atomic E-state index is 13.3. The summed E-state index contributed by atoms with van der Waals surface area (Å²) in [6.45, 7) is 2.77. The second-order valence-corrected chi connectivity index (χ2v) is 3.92. The van der Waals surface area contributed by atoms with E-state index in [9.17, 15) is 9.18 Å². The molecule has 16 heavy (non-hydrogen) atoms. The molecule has 86 valence electrons. The Kier molecular flexibility index (Phi) is 3.08. The summed E-state index contributed by atoms with van der Waals surface area (Å²) in [6.07, 6.45) is 0.661. The van der Waals surface area contributed by atoms with E-state index in [1.54, 1.807) is 23.1 Å². The van der Waals surface area contributed by atoms with Gasteiger partial charge in [-0.3, -0.25) is 4.79 Å². The molecule has 1 unspecified atom stereocenters. The van der Waals surface area contributed by atoms with Crippen LogP contribution in [0.15, 0.2) is 24.3 Å². The minimum Gasteiger partial charge on any atom is -0.485 e. The number of likely N-dealkylation sites (tertiary alicyclic amines) is 1. The minimum absolute atomic E-state index is 0.0413. The first-order valence-corrected chi connectivity index (χ1v) is 5.33.